The third kappa shape index (κ3) is 4.73. The number of amides is 1. The number of sulfonamides is 1. The number of pyridine rings is 1. The van der Waals surface area contributed by atoms with Crippen molar-refractivity contribution in [3.05, 3.63) is 54.4 Å². The van der Waals surface area contributed by atoms with E-state index in [1.807, 2.05) is 0 Å². The van der Waals surface area contributed by atoms with Gasteiger partial charge in [0, 0.05) is 25.5 Å². The van der Waals surface area contributed by atoms with Crippen LogP contribution < -0.4 is 10.2 Å². The van der Waals surface area contributed by atoms with Gasteiger partial charge in [-0.25, -0.2) is 13.9 Å². The third-order valence-corrected chi connectivity index (χ3v) is 6.57. The molecule has 1 saturated heterocycles. The average molecular weight is 421 g/mol. The molecule has 0 saturated carbocycles. The molecule has 0 bridgehead atoms. The van der Waals surface area contributed by atoms with Crippen LogP contribution in [-0.2, 0) is 26.1 Å². The molecule has 1 unspecified atom stereocenters. The lowest BCUT2D eigenvalue weighted by Crippen LogP contribution is -2.54. The van der Waals surface area contributed by atoms with Crippen molar-refractivity contribution < 1.29 is 27.9 Å². The fourth-order valence-electron chi connectivity index (χ4n) is 3.29. The Balaban J connectivity index is 2.05. The zero-order valence-corrected chi connectivity index (χ0v) is 16.7. The van der Waals surface area contributed by atoms with Gasteiger partial charge in [0.15, 0.2) is 0 Å². The van der Waals surface area contributed by atoms with Crippen molar-refractivity contribution in [2.75, 3.05) is 13.7 Å². The molecule has 0 aliphatic carbocycles. The highest BCUT2D eigenvalue weighted by Crippen LogP contribution is 2.28. The quantitative estimate of drug-likeness (QED) is 0.488. The summed E-state index contributed by atoms with van der Waals surface area (Å²) in [4.78, 5) is 16.5. The Bertz CT molecular complexity index is 915. The van der Waals surface area contributed by atoms with Gasteiger partial charge >= 0.3 is 0 Å². The first-order valence-electron chi connectivity index (χ1n) is 9.07. The Hall–Kier alpha value is -2.53. The van der Waals surface area contributed by atoms with E-state index in [0.717, 1.165) is 4.31 Å². The summed E-state index contributed by atoms with van der Waals surface area (Å²) in [6, 6.07) is 8.04. The molecular formula is C19H23N3O6S. The number of hydrogen-bond donors (Lipinski definition) is 2. The minimum atomic E-state index is -4.12. The second-order valence-electron chi connectivity index (χ2n) is 6.56. The molecule has 29 heavy (non-hydrogen) atoms. The molecule has 1 aliphatic heterocycles. The predicted octanol–water partition coefficient (Wildman–Crippen LogP) is 1.33. The van der Waals surface area contributed by atoms with E-state index in [0.29, 0.717) is 30.8 Å². The van der Waals surface area contributed by atoms with E-state index < -0.39 is 28.1 Å². The highest BCUT2D eigenvalue weighted by Gasteiger charge is 2.42. The van der Waals surface area contributed by atoms with Gasteiger partial charge in [-0.2, -0.15) is 4.31 Å². The Morgan fingerprint density at radius 1 is 1.38 bits per heavy atom. The molecule has 1 aromatic heterocycles. The molecule has 2 atom stereocenters. The summed E-state index contributed by atoms with van der Waals surface area (Å²) in [5.41, 5.74) is 2.19. The monoisotopic (exact) mass is 421 g/mol. The molecule has 0 spiro atoms. The summed E-state index contributed by atoms with van der Waals surface area (Å²) in [5.74, 6) is -0.343. The first-order chi connectivity index (χ1) is 14.0. The molecule has 10 heteroatoms. The number of hydrogen-bond acceptors (Lipinski definition) is 7. The highest BCUT2D eigenvalue weighted by atomic mass is 32.2. The van der Waals surface area contributed by atoms with Gasteiger partial charge in [-0.05, 0) is 48.7 Å². The number of rotatable bonds is 8. The summed E-state index contributed by atoms with van der Waals surface area (Å²) >= 11 is 0. The summed E-state index contributed by atoms with van der Waals surface area (Å²) in [6.07, 6.45) is 3.62. The number of nitrogens with zero attached hydrogens (tertiary/aromatic N) is 2. The van der Waals surface area contributed by atoms with Crippen LogP contribution in [0.3, 0.4) is 0 Å². The predicted molar refractivity (Wildman–Crippen MR) is 103 cm³/mol. The minimum Gasteiger partial charge on any atom is -0.497 e. The Kier molecular flexibility index (Phi) is 6.80. The van der Waals surface area contributed by atoms with Gasteiger partial charge in [-0.3, -0.25) is 15.0 Å². The van der Waals surface area contributed by atoms with Crippen LogP contribution in [0.15, 0.2) is 53.7 Å². The van der Waals surface area contributed by atoms with Crippen molar-refractivity contribution in [3.8, 4) is 5.75 Å². The van der Waals surface area contributed by atoms with Crippen LogP contribution in [0.2, 0.25) is 0 Å². The van der Waals surface area contributed by atoms with Gasteiger partial charge in [0.1, 0.15) is 11.8 Å². The van der Waals surface area contributed by atoms with Crippen LogP contribution in [0.25, 0.3) is 0 Å². The van der Waals surface area contributed by atoms with Crippen LogP contribution in [-0.4, -0.2) is 54.7 Å². The minimum absolute atomic E-state index is 0.00377. The van der Waals surface area contributed by atoms with Crippen LogP contribution in [0, 0.1) is 0 Å². The normalized spacial score (nSPS) is 17.8. The van der Waals surface area contributed by atoms with E-state index in [9.17, 15) is 18.4 Å². The molecule has 1 aliphatic rings. The number of aromatic nitrogens is 1. The SMILES string of the molecule is COc1ccc(S(=O)(=O)N(Cc2cccnc2)[C@@H](C(=O)NO)C2CCCO2)cc1. The molecule has 1 amide bonds. The second-order valence-corrected chi connectivity index (χ2v) is 8.45. The largest absolute Gasteiger partial charge is 0.497 e. The number of hydroxylamine groups is 1. The van der Waals surface area contributed by atoms with E-state index in [2.05, 4.69) is 4.98 Å². The molecule has 1 fully saturated rings. The highest BCUT2D eigenvalue weighted by molar-refractivity contribution is 7.89. The van der Waals surface area contributed by atoms with Crippen molar-refractivity contribution in [3.63, 3.8) is 0 Å². The maximum Gasteiger partial charge on any atom is 0.264 e. The third-order valence-electron chi connectivity index (χ3n) is 4.73. The molecule has 2 aromatic rings. The lowest BCUT2D eigenvalue weighted by molar-refractivity contribution is -0.137. The van der Waals surface area contributed by atoms with Crippen molar-refractivity contribution in [1.29, 1.82) is 0 Å². The molecule has 3 rings (SSSR count). The maximum absolute atomic E-state index is 13.5. The molecule has 2 heterocycles. The van der Waals surface area contributed by atoms with E-state index in [-0.39, 0.29) is 11.4 Å². The smallest absolute Gasteiger partial charge is 0.264 e. The molecule has 9 nitrogen and oxygen atoms in total. The van der Waals surface area contributed by atoms with E-state index in [4.69, 9.17) is 9.47 Å². The first-order valence-corrected chi connectivity index (χ1v) is 10.5. The number of methoxy groups -OCH3 is 1. The zero-order chi connectivity index (χ0) is 20.9. The van der Waals surface area contributed by atoms with E-state index in [1.54, 1.807) is 23.8 Å². The van der Waals surface area contributed by atoms with Crippen LogP contribution in [0.1, 0.15) is 18.4 Å². The maximum atomic E-state index is 13.5. The lowest BCUT2D eigenvalue weighted by Gasteiger charge is -2.32. The van der Waals surface area contributed by atoms with Crippen molar-refractivity contribution >= 4 is 15.9 Å². The van der Waals surface area contributed by atoms with Crippen LogP contribution in [0.4, 0.5) is 0 Å². The van der Waals surface area contributed by atoms with E-state index >= 15 is 0 Å². The van der Waals surface area contributed by atoms with Gasteiger partial charge in [0.05, 0.1) is 18.1 Å². The van der Waals surface area contributed by atoms with Crippen molar-refractivity contribution in [2.45, 2.75) is 36.4 Å². The molecular weight excluding hydrogens is 398 g/mol. The average Bonchev–Trinajstić information content (AvgIpc) is 3.28. The first kappa shape index (κ1) is 21.2. The fourth-order valence-corrected chi connectivity index (χ4v) is 4.89. The number of benzene rings is 1. The lowest BCUT2D eigenvalue weighted by atomic mass is 10.1. The zero-order valence-electron chi connectivity index (χ0n) is 15.9. The van der Waals surface area contributed by atoms with E-state index in [1.165, 1.54) is 37.6 Å². The Labute approximate surface area is 169 Å². The summed E-state index contributed by atoms with van der Waals surface area (Å²) < 4.78 is 38.8. The van der Waals surface area contributed by atoms with Gasteiger partial charge < -0.3 is 9.47 Å². The topological polar surface area (TPSA) is 118 Å². The fraction of sp³-hybridized carbons (Fsp3) is 0.368. The summed E-state index contributed by atoms with van der Waals surface area (Å²) in [7, 11) is -2.63. The number of ether oxygens (including phenoxy) is 2. The number of nitrogens with one attached hydrogen (secondary N) is 1. The van der Waals surface area contributed by atoms with Crippen LogP contribution >= 0.6 is 0 Å². The summed E-state index contributed by atoms with van der Waals surface area (Å²) in [5, 5.41) is 9.28. The molecule has 0 radical (unpaired) electrons. The second kappa shape index (κ2) is 9.31. The van der Waals surface area contributed by atoms with Gasteiger partial charge in [0.2, 0.25) is 10.0 Å². The van der Waals surface area contributed by atoms with Crippen molar-refractivity contribution in [1.82, 2.24) is 14.8 Å². The summed E-state index contributed by atoms with van der Waals surface area (Å²) in [6.45, 7) is 0.309. The Morgan fingerprint density at radius 3 is 2.69 bits per heavy atom. The van der Waals surface area contributed by atoms with Crippen LogP contribution in [0.5, 0.6) is 5.75 Å². The van der Waals surface area contributed by atoms with Gasteiger partial charge in [0.25, 0.3) is 5.91 Å². The molecule has 156 valence electrons. The van der Waals surface area contributed by atoms with Gasteiger partial charge in [-0.1, -0.05) is 6.07 Å². The number of carbonyl (C=O) groups excluding carboxylic acids is 1. The standard InChI is InChI=1S/C19H23N3O6S/c1-27-15-6-8-16(9-7-15)29(25,26)22(13-14-4-2-10-20-12-14)18(19(23)21-24)17-5-3-11-28-17/h2,4,6-10,12,17-18,24H,3,5,11,13H2,1H3,(H,21,23)/t17?,18-/m1/s1. The Morgan fingerprint density at radius 2 is 2.14 bits per heavy atom. The van der Waals surface area contributed by atoms with Gasteiger partial charge in [-0.15, -0.1) is 0 Å². The van der Waals surface area contributed by atoms with Crippen molar-refractivity contribution in [2.24, 2.45) is 0 Å². The molecule has 2 N–H and O–H groups in total. The number of carbonyl (C=O) groups is 1. The molecule has 1 aromatic carbocycles.